The first kappa shape index (κ1) is 23.2. The van der Waals surface area contributed by atoms with Gasteiger partial charge < -0.3 is 0 Å². The first-order chi connectivity index (χ1) is 13.6. The van der Waals surface area contributed by atoms with Gasteiger partial charge in [0.15, 0.2) is 0 Å². The van der Waals surface area contributed by atoms with Gasteiger partial charge in [-0.3, -0.25) is 0 Å². The molecule has 0 amide bonds. The molecule has 0 aliphatic carbocycles. The summed E-state index contributed by atoms with van der Waals surface area (Å²) in [5.41, 5.74) is 7.74. The third-order valence-corrected chi connectivity index (χ3v) is 4.20. The minimum atomic E-state index is 1.28. The highest BCUT2D eigenvalue weighted by atomic mass is 14.0. The van der Waals surface area contributed by atoms with Gasteiger partial charge in [0, 0.05) is 0 Å². The zero-order valence-electron chi connectivity index (χ0n) is 18.2. The number of hydrogen-bond donors (Lipinski definition) is 0. The van der Waals surface area contributed by atoms with Crippen molar-refractivity contribution in [2.45, 2.75) is 41.5 Å². The van der Waals surface area contributed by atoms with E-state index in [0.29, 0.717) is 0 Å². The van der Waals surface area contributed by atoms with E-state index in [2.05, 4.69) is 112 Å². The van der Waals surface area contributed by atoms with E-state index in [9.17, 15) is 0 Å². The average Bonchev–Trinajstić information content (AvgIpc) is 2.76. The second kappa shape index (κ2) is 13.3. The van der Waals surface area contributed by atoms with Gasteiger partial charge in [0.2, 0.25) is 0 Å². The van der Waals surface area contributed by atoms with Crippen LogP contribution >= 0.6 is 0 Å². The van der Waals surface area contributed by atoms with Crippen LogP contribution in [0, 0.1) is 13.8 Å². The quantitative estimate of drug-likeness (QED) is 0.405. The first-order valence-corrected chi connectivity index (χ1v) is 10.1. The standard InChI is InChI=1S/C13H12.C13H16.C2H6/c1-11-7-9-13(10-8-11)12-5-3-2-4-6-12;1-4-6-12(5-2)13-9-7-11(3)8-10-13;1-2/h2-10H,1H3;4-10H,1-3H3;1-2H3/b;6-4-,12-5+;. The predicted octanol–water partition coefficient (Wildman–Crippen LogP) is 8.66. The first-order valence-electron chi connectivity index (χ1n) is 10.1. The summed E-state index contributed by atoms with van der Waals surface area (Å²) >= 11 is 0. The lowest BCUT2D eigenvalue weighted by Crippen LogP contribution is -1.80. The Morgan fingerprint density at radius 1 is 0.607 bits per heavy atom. The van der Waals surface area contributed by atoms with Crippen molar-refractivity contribution in [2.75, 3.05) is 0 Å². The number of benzene rings is 3. The SMILES string of the molecule is C/C=C\C(=C/C)c1ccc(C)cc1.CC.Cc1ccc(-c2ccccc2)cc1. The normalized spacial score (nSPS) is 10.6. The highest BCUT2D eigenvalue weighted by Crippen LogP contribution is 2.18. The van der Waals surface area contributed by atoms with E-state index in [4.69, 9.17) is 0 Å². The third-order valence-electron chi connectivity index (χ3n) is 4.20. The Kier molecular flexibility index (Phi) is 11.0. The van der Waals surface area contributed by atoms with Crippen LogP contribution in [0.2, 0.25) is 0 Å². The van der Waals surface area contributed by atoms with Crippen LogP contribution in [0.25, 0.3) is 16.7 Å². The van der Waals surface area contributed by atoms with Crippen molar-refractivity contribution in [3.8, 4) is 11.1 Å². The Morgan fingerprint density at radius 3 is 1.54 bits per heavy atom. The van der Waals surface area contributed by atoms with E-state index in [1.807, 2.05) is 26.8 Å². The Morgan fingerprint density at radius 2 is 1.07 bits per heavy atom. The molecule has 28 heavy (non-hydrogen) atoms. The number of rotatable bonds is 3. The van der Waals surface area contributed by atoms with Crippen LogP contribution in [-0.2, 0) is 0 Å². The second-order valence-corrected chi connectivity index (χ2v) is 6.34. The lowest BCUT2D eigenvalue weighted by molar-refractivity contribution is 1.45. The van der Waals surface area contributed by atoms with E-state index >= 15 is 0 Å². The van der Waals surface area contributed by atoms with Gasteiger partial charge in [-0.05, 0) is 50.0 Å². The van der Waals surface area contributed by atoms with Gasteiger partial charge in [0.25, 0.3) is 0 Å². The van der Waals surface area contributed by atoms with Crippen LogP contribution in [0.3, 0.4) is 0 Å². The maximum Gasteiger partial charge on any atom is -0.0184 e. The topological polar surface area (TPSA) is 0 Å². The molecule has 0 radical (unpaired) electrons. The molecule has 0 unspecified atom stereocenters. The van der Waals surface area contributed by atoms with Crippen molar-refractivity contribution in [1.29, 1.82) is 0 Å². The van der Waals surface area contributed by atoms with Crippen molar-refractivity contribution >= 4 is 5.57 Å². The number of allylic oxidation sites excluding steroid dienone is 4. The Labute approximate surface area is 172 Å². The fourth-order valence-corrected chi connectivity index (χ4v) is 2.66. The van der Waals surface area contributed by atoms with Crippen LogP contribution in [0.15, 0.2) is 97.1 Å². The van der Waals surface area contributed by atoms with Crippen LogP contribution in [0.1, 0.15) is 44.4 Å². The smallest absolute Gasteiger partial charge is 0.0184 e. The summed E-state index contributed by atoms with van der Waals surface area (Å²) in [6.07, 6.45) is 6.32. The molecule has 3 rings (SSSR count). The second-order valence-electron chi connectivity index (χ2n) is 6.34. The molecule has 0 spiro atoms. The van der Waals surface area contributed by atoms with E-state index in [1.54, 1.807) is 0 Å². The van der Waals surface area contributed by atoms with Gasteiger partial charge >= 0.3 is 0 Å². The van der Waals surface area contributed by atoms with E-state index in [-0.39, 0.29) is 0 Å². The predicted molar refractivity (Wildman–Crippen MR) is 128 cm³/mol. The Bertz CT molecular complexity index is 833. The van der Waals surface area contributed by atoms with Gasteiger partial charge in [-0.1, -0.05) is 122 Å². The van der Waals surface area contributed by atoms with Crippen molar-refractivity contribution in [3.05, 3.63) is 114 Å². The minimum absolute atomic E-state index is 1.28. The van der Waals surface area contributed by atoms with E-state index in [0.717, 1.165) is 0 Å². The lowest BCUT2D eigenvalue weighted by atomic mass is 10.0. The van der Waals surface area contributed by atoms with E-state index in [1.165, 1.54) is 33.4 Å². The molecule has 0 aromatic heterocycles. The minimum Gasteiger partial charge on any atom is -0.0871 e. The molecular formula is C28H34. The summed E-state index contributed by atoms with van der Waals surface area (Å²) in [6.45, 7) is 12.3. The number of aryl methyl sites for hydroxylation is 2. The lowest BCUT2D eigenvalue weighted by Gasteiger charge is -2.01. The molecule has 0 atom stereocenters. The fourth-order valence-electron chi connectivity index (χ4n) is 2.66. The van der Waals surface area contributed by atoms with Gasteiger partial charge in [-0.2, -0.15) is 0 Å². The van der Waals surface area contributed by atoms with Gasteiger partial charge in [-0.15, -0.1) is 0 Å². The highest BCUT2D eigenvalue weighted by Gasteiger charge is 1.95. The molecule has 0 aliphatic rings. The van der Waals surface area contributed by atoms with Crippen molar-refractivity contribution in [2.24, 2.45) is 0 Å². The molecule has 0 nitrogen and oxygen atoms in total. The maximum atomic E-state index is 2.16. The molecule has 146 valence electrons. The molecule has 0 aliphatic heterocycles. The zero-order valence-corrected chi connectivity index (χ0v) is 18.2. The van der Waals surface area contributed by atoms with Gasteiger partial charge in [0.1, 0.15) is 0 Å². The molecule has 0 N–H and O–H groups in total. The molecular weight excluding hydrogens is 336 g/mol. The van der Waals surface area contributed by atoms with Crippen molar-refractivity contribution in [3.63, 3.8) is 0 Å². The summed E-state index contributed by atoms with van der Waals surface area (Å²) in [7, 11) is 0. The molecule has 0 heteroatoms. The molecule has 0 saturated heterocycles. The zero-order chi connectivity index (χ0) is 20.8. The monoisotopic (exact) mass is 370 g/mol. The summed E-state index contributed by atoms with van der Waals surface area (Å²) < 4.78 is 0. The number of hydrogen-bond acceptors (Lipinski definition) is 0. The van der Waals surface area contributed by atoms with Crippen LogP contribution in [-0.4, -0.2) is 0 Å². The summed E-state index contributed by atoms with van der Waals surface area (Å²) in [4.78, 5) is 0. The summed E-state index contributed by atoms with van der Waals surface area (Å²) in [6, 6.07) is 27.6. The molecule has 0 saturated carbocycles. The van der Waals surface area contributed by atoms with Gasteiger partial charge in [0.05, 0.1) is 0 Å². The Balaban J connectivity index is 0.000000257. The summed E-state index contributed by atoms with van der Waals surface area (Å²) in [5.74, 6) is 0. The van der Waals surface area contributed by atoms with Crippen molar-refractivity contribution < 1.29 is 0 Å². The highest BCUT2D eigenvalue weighted by molar-refractivity contribution is 5.73. The van der Waals surface area contributed by atoms with Crippen molar-refractivity contribution in [1.82, 2.24) is 0 Å². The molecule has 3 aromatic rings. The van der Waals surface area contributed by atoms with Crippen LogP contribution in [0.4, 0.5) is 0 Å². The molecule has 3 aromatic carbocycles. The van der Waals surface area contributed by atoms with Gasteiger partial charge in [-0.25, -0.2) is 0 Å². The molecule has 0 bridgehead atoms. The largest absolute Gasteiger partial charge is 0.0871 e. The fraction of sp³-hybridized carbons (Fsp3) is 0.214. The van der Waals surface area contributed by atoms with Crippen LogP contribution < -0.4 is 0 Å². The van der Waals surface area contributed by atoms with E-state index < -0.39 is 0 Å². The van der Waals surface area contributed by atoms with Crippen LogP contribution in [0.5, 0.6) is 0 Å². The summed E-state index contributed by atoms with van der Waals surface area (Å²) in [5, 5.41) is 0. The molecule has 0 heterocycles. The average molecular weight is 371 g/mol. The Hall–Kier alpha value is -2.86. The maximum absolute atomic E-state index is 2.16. The molecule has 0 fully saturated rings. The third kappa shape index (κ3) is 7.80.